The lowest BCUT2D eigenvalue weighted by molar-refractivity contribution is -0.121. The first-order valence-electron chi connectivity index (χ1n) is 6.75. The number of anilines is 1. The summed E-state index contributed by atoms with van der Waals surface area (Å²) < 4.78 is 0. The molecule has 0 spiro atoms. The second kappa shape index (κ2) is 7.75. The van der Waals surface area contributed by atoms with E-state index in [1.807, 2.05) is 24.3 Å². The number of benzene rings is 1. The van der Waals surface area contributed by atoms with Crippen molar-refractivity contribution in [2.75, 3.05) is 12.3 Å². The fourth-order valence-corrected chi connectivity index (χ4v) is 1.90. The van der Waals surface area contributed by atoms with Crippen molar-refractivity contribution in [2.45, 2.75) is 45.4 Å². The zero-order valence-corrected chi connectivity index (χ0v) is 11.4. The van der Waals surface area contributed by atoms with Gasteiger partial charge in [-0.15, -0.1) is 0 Å². The van der Waals surface area contributed by atoms with Crippen molar-refractivity contribution in [2.24, 2.45) is 0 Å². The number of hydrogen-bond donors (Lipinski definition) is 2. The molecule has 1 aromatic rings. The molecule has 0 fully saturated rings. The molecule has 0 radical (unpaired) electrons. The first kappa shape index (κ1) is 14.6. The molecule has 1 rings (SSSR count). The molecule has 3 nitrogen and oxygen atoms in total. The van der Waals surface area contributed by atoms with E-state index in [-0.39, 0.29) is 11.8 Å². The molecule has 0 saturated heterocycles. The molecule has 1 unspecified atom stereocenters. The summed E-state index contributed by atoms with van der Waals surface area (Å²) in [6, 6.07) is 7.74. The van der Waals surface area contributed by atoms with Crippen molar-refractivity contribution < 1.29 is 4.79 Å². The summed E-state index contributed by atoms with van der Waals surface area (Å²) in [5, 5.41) is 2.97. The molecule has 0 saturated carbocycles. The first-order valence-corrected chi connectivity index (χ1v) is 6.75. The van der Waals surface area contributed by atoms with Gasteiger partial charge >= 0.3 is 0 Å². The summed E-state index contributed by atoms with van der Waals surface area (Å²) >= 11 is 0. The molecule has 0 aromatic heterocycles. The molecule has 1 amide bonds. The number of amides is 1. The zero-order chi connectivity index (χ0) is 13.4. The van der Waals surface area contributed by atoms with Gasteiger partial charge in [0.05, 0.1) is 0 Å². The molecule has 18 heavy (non-hydrogen) atoms. The quantitative estimate of drug-likeness (QED) is 0.575. The number of nitrogens with two attached hydrogens (primary N) is 1. The normalized spacial score (nSPS) is 12.1. The summed E-state index contributed by atoms with van der Waals surface area (Å²) in [6.07, 6.45) is 3.96. The number of rotatable bonds is 7. The van der Waals surface area contributed by atoms with E-state index < -0.39 is 0 Å². The van der Waals surface area contributed by atoms with Crippen molar-refractivity contribution in [3.05, 3.63) is 29.8 Å². The average molecular weight is 248 g/mol. The molecule has 0 aliphatic carbocycles. The summed E-state index contributed by atoms with van der Waals surface area (Å²) in [6.45, 7) is 5.02. The van der Waals surface area contributed by atoms with E-state index in [9.17, 15) is 4.79 Å². The summed E-state index contributed by atoms with van der Waals surface area (Å²) in [5.74, 6) is 0.368. The van der Waals surface area contributed by atoms with E-state index in [0.29, 0.717) is 6.42 Å². The van der Waals surface area contributed by atoms with Crippen molar-refractivity contribution >= 4 is 11.6 Å². The van der Waals surface area contributed by atoms with E-state index in [1.165, 1.54) is 12.8 Å². The maximum Gasteiger partial charge on any atom is 0.220 e. The van der Waals surface area contributed by atoms with Crippen LogP contribution in [0.5, 0.6) is 0 Å². The van der Waals surface area contributed by atoms with Gasteiger partial charge in [-0.2, -0.15) is 0 Å². The maximum atomic E-state index is 11.7. The van der Waals surface area contributed by atoms with Gasteiger partial charge in [0.1, 0.15) is 0 Å². The predicted octanol–water partition coefficient (Wildman–Crippen LogP) is 3.07. The number of carbonyl (C=O) groups excluding carboxylic acids is 1. The second-order valence-corrected chi connectivity index (χ2v) is 4.83. The van der Waals surface area contributed by atoms with Crippen molar-refractivity contribution in [1.29, 1.82) is 0 Å². The average Bonchev–Trinajstić information content (AvgIpc) is 2.35. The molecular formula is C15H24N2O. The fraction of sp³-hybridized carbons (Fsp3) is 0.533. The van der Waals surface area contributed by atoms with Crippen molar-refractivity contribution in [3.8, 4) is 0 Å². The van der Waals surface area contributed by atoms with Crippen LogP contribution >= 0.6 is 0 Å². The molecule has 0 bridgehead atoms. The minimum Gasteiger partial charge on any atom is -0.399 e. The monoisotopic (exact) mass is 248 g/mol. The number of nitrogens with one attached hydrogen (secondary N) is 1. The highest BCUT2D eigenvalue weighted by atomic mass is 16.1. The van der Waals surface area contributed by atoms with Gasteiger partial charge in [-0.25, -0.2) is 0 Å². The Kier molecular flexibility index (Phi) is 6.26. The molecule has 1 atom stereocenters. The Hall–Kier alpha value is -1.51. The number of carbonyl (C=O) groups is 1. The van der Waals surface area contributed by atoms with E-state index >= 15 is 0 Å². The lowest BCUT2D eigenvalue weighted by Gasteiger charge is -2.12. The molecule has 100 valence electrons. The van der Waals surface area contributed by atoms with Crippen LogP contribution in [0, 0.1) is 0 Å². The molecule has 1 aromatic carbocycles. The van der Waals surface area contributed by atoms with Crippen LogP contribution in [0.15, 0.2) is 24.3 Å². The zero-order valence-electron chi connectivity index (χ0n) is 11.4. The van der Waals surface area contributed by atoms with Crippen LogP contribution in [0.3, 0.4) is 0 Å². The smallest absolute Gasteiger partial charge is 0.220 e. The van der Waals surface area contributed by atoms with E-state index in [0.717, 1.165) is 24.2 Å². The van der Waals surface area contributed by atoms with Crippen molar-refractivity contribution in [3.63, 3.8) is 0 Å². The van der Waals surface area contributed by atoms with Crippen LogP contribution in [-0.2, 0) is 4.79 Å². The molecule has 0 aliphatic rings. The van der Waals surface area contributed by atoms with Crippen LogP contribution in [-0.4, -0.2) is 12.5 Å². The third-order valence-electron chi connectivity index (χ3n) is 3.10. The topological polar surface area (TPSA) is 55.1 Å². The Balaban J connectivity index is 2.33. The fourth-order valence-electron chi connectivity index (χ4n) is 1.90. The van der Waals surface area contributed by atoms with Crippen LogP contribution in [0.25, 0.3) is 0 Å². The van der Waals surface area contributed by atoms with Crippen LogP contribution in [0.2, 0.25) is 0 Å². The Labute approximate surface area is 110 Å². The Morgan fingerprint density at radius 3 is 2.56 bits per heavy atom. The highest BCUT2D eigenvalue weighted by Gasteiger charge is 2.10. The first-order chi connectivity index (χ1) is 8.63. The number of nitrogen functional groups attached to an aromatic ring is 1. The highest BCUT2D eigenvalue weighted by molar-refractivity contribution is 5.76. The standard InChI is InChI=1S/C15H24N2O/c1-3-4-5-10-17-15(18)11-12(2)13-6-8-14(16)9-7-13/h6-9,12H,3-5,10-11,16H2,1-2H3,(H,17,18). The second-order valence-electron chi connectivity index (χ2n) is 4.83. The largest absolute Gasteiger partial charge is 0.399 e. The summed E-state index contributed by atoms with van der Waals surface area (Å²) in [5.41, 5.74) is 7.56. The van der Waals surface area contributed by atoms with Crippen LogP contribution in [0.4, 0.5) is 5.69 Å². The predicted molar refractivity (Wildman–Crippen MR) is 76.4 cm³/mol. The van der Waals surface area contributed by atoms with Crippen LogP contribution in [0.1, 0.15) is 51.0 Å². The van der Waals surface area contributed by atoms with E-state index in [4.69, 9.17) is 5.73 Å². The SMILES string of the molecule is CCCCCNC(=O)CC(C)c1ccc(N)cc1. The van der Waals surface area contributed by atoms with Crippen LogP contribution < -0.4 is 11.1 Å². The van der Waals surface area contributed by atoms with Gasteiger partial charge in [0, 0.05) is 18.7 Å². The molecule has 0 aliphatic heterocycles. The number of unbranched alkanes of at least 4 members (excludes halogenated alkanes) is 2. The minimum atomic E-state index is 0.135. The molecule has 3 N–H and O–H groups in total. The molecular weight excluding hydrogens is 224 g/mol. The van der Waals surface area contributed by atoms with E-state index in [2.05, 4.69) is 19.2 Å². The number of hydrogen-bond acceptors (Lipinski definition) is 2. The Morgan fingerprint density at radius 1 is 1.28 bits per heavy atom. The van der Waals surface area contributed by atoms with Gasteiger partial charge < -0.3 is 11.1 Å². The lowest BCUT2D eigenvalue weighted by atomic mass is 9.97. The Morgan fingerprint density at radius 2 is 1.94 bits per heavy atom. The van der Waals surface area contributed by atoms with Gasteiger partial charge in [-0.05, 0) is 30.0 Å². The minimum absolute atomic E-state index is 0.135. The van der Waals surface area contributed by atoms with Gasteiger partial charge in [0.2, 0.25) is 5.91 Å². The van der Waals surface area contributed by atoms with Gasteiger partial charge in [0.15, 0.2) is 0 Å². The molecule has 3 heteroatoms. The summed E-state index contributed by atoms with van der Waals surface area (Å²) in [4.78, 5) is 11.7. The van der Waals surface area contributed by atoms with Gasteiger partial charge in [-0.1, -0.05) is 38.8 Å². The maximum absolute atomic E-state index is 11.7. The lowest BCUT2D eigenvalue weighted by Crippen LogP contribution is -2.25. The van der Waals surface area contributed by atoms with Gasteiger partial charge in [-0.3, -0.25) is 4.79 Å². The highest BCUT2D eigenvalue weighted by Crippen LogP contribution is 2.19. The summed E-state index contributed by atoms with van der Waals surface area (Å²) in [7, 11) is 0. The third-order valence-corrected chi connectivity index (χ3v) is 3.10. The van der Waals surface area contributed by atoms with E-state index in [1.54, 1.807) is 0 Å². The Bertz CT molecular complexity index is 359. The molecule has 0 heterocycles. The van der Waals surface area contributed by atoms with Crippen molar-refractivity contribution in [1.82, 2.24) is 5.32 Å². The van der Waals surface area contributed by atoms with Gasteiger partial charge in [0.25, 0.3) is 0 Å². The third kappa shape index (κ3) is 5.21.